The third-order valence-corrected chi connectivity index (χ3v) is 5.13. The van der Waals surface area contributed by atoms with Gasteiger partial charge in [0, 0.05) is 45.8 Å². The quantitative estimate of drug-likeness (QED) is 0.688. The molecular weight excluding hydrogens is 262 g/mol. The Kier molecular flexibility index (Phi) is 5.92. The van der Waals surface area contributed by atoms with Crippen LogP contribution >= 0.6 is 0 Å². The summed E-state index contributed by atoms with van der Waals surface area (Å²) in [5.74, 6) is 1.03. The maximum absolute atomic E-state index is 6.19. The molecule has 0 aromatic heterocycles. The van der Waals surface area contributed by atoms with Crippen molar-refractivity contribution in [1.29, 1.82) is 0 Å². The lowest BCUT2D eigenvalue weighted by atomic mass is 10.1. The van der Waals surface area contributed by atoms with Gasteiger partial charge in [0.05, 0.1) is 12.2 Å². The van der Waals surface area contributed by atoms with Crippen molar-refractivity contribution < 1.29 is 4.74 Å². The summed E-state index contributed by atoms with van der Waals surface area (Å²) in [6.07, 6.45) is 7.59. The molecule has 3 aliphatic rings. The number of ether oxygens (including phenoxy) is 1. The zero-order valence-corrected chi connectivity index (χ0v) is 13.7. The van der Waals surface area contributed by atoms with E-state index in [0.717, 1.165) is 25.6 Å². The van der Waals surface area contributed by atoms with E-state index in [1.54, 1.807) is 0 Å². The van der Waals surface area contributed by atoms with Gasteiger partial charge in [-0.05, 0) is 44.6 Å². The first kappa shape index (κ1) is 15.7. The summed E-state index contributed by atoms with van der Waals surface area (Å²) in [5.41, 5.74) is 0. The summed E-state index contributed by atoms with van der Waals surface area (Å²) in [5, 5.41) is 3.49. The van der Waals surface area contributed by atoms with Crippen LogP contribution in [0.25, 0.3) is 0 Å². The van der Waals surface area contributed by atoms with Crippen LogP contribution in [0, 0.1) is 5.92 Å². The molecule has 1 N–H and O–H groups in total. The molecule has 1 aliphatic carbocycles. The third-order valence-electron chi connectivity index (χ3n) is 5.13. The Morgan fingerprint density at radius 3 is 2.24 bits per heavy atom. The zero-order valence-electron chi connectivity index (χ0n) is 13.7. The van der Waals surface area contributed by atoms with Crippen molar-refractivity contribution in [2.75, 3.05) is 52.4 Å². The number of hydrogen-bond donors (Lipinski definition) is 1. The zero-order chi connectivity index (χ0) is 14.5. The Morgan fingerprint density at radius 1 is 0.905 bits per heavy atom. The highest BCUT2D eigenvalue weighted by Crippen LogP contribution is 2.30. The van der Waals surface area contributed by atoms with Gasteiger partial charge in [-0.15, -0.1) is 0 Å². The second-order valence-electron chi connectivity index (χ2n) is 7.21. The number of nitrogens with one attached hydrogen (secondary N) is 1. The SMILES string of the molecule is CCCNCC1CCC(CN2CCN(CC3CC3)CC2)O1. The summed E-state index contributed by atoms with van der Waals surface area (Å²) in [6.45, 7) is 11.9. The van der Waals surface area contributed by atoms with Crippen molar-refractivity contribution in [3.63, 3.8) is 0 Å². The largest absolute Gasteiger partial charge is 0.372 e. The molecule has 2 atom stereocenters. The van der Waals surface area contributed by atoms with E-state index in [2.05, 4.69) is 22.0 Å². The van der Waals surface area contributed by atoms with E-state index in [1.807, 2.05) is 0 Å². The van der Waals surface area contributed by atoms with Crippen molar-refractivity contribution in [1.82, 2.24) is 15.1 Å². The average molecular weight is 295 g/mol. The van der Waals surface area contributed by atoms with Crippen molar-refractivity contribution in [3.05, 3.63) is 0 Å². The Labute approximate surface area is 130 Å². The first-order chi connectivity index (χ1) is 10.3. The summed E-state index contributed by atoms with van der Waals surface area (Å²) in [4.78, 5) is 5.29. The molecule has 2 saturated heterocycles. The Morgan fingerprint density at radius 2 is 1.57 bits per heavy atom. The number of nitrogens with zero attached hydrogens (tertiary/aromatic N) is 2. The minimum atomic E-state index is 0.456. The Bertz CT molecular complexity index is 300. The lowest BCUT2D eigenvalue weighted by Crippen LogP contribution is -2.49. The van der Waals surface area contributed by atoms with E-state index in [9.17, 15) is 0 Å². The highest BCUT2D eigenvalue weighted by Gasteiger charge is 2.29. The lowest BCUT2D eigenvalue weighted by molar-refractivity contribution is 0.0124. The molecule has 1 saturated carbocycles. The van der Waals surface area contributed by atoms with Gasteiger partial charge >= 0.3 is 0 Å². The normalized spacial score (nSPS) is 31.9. The highest BCUT2D eigenvalue weighted by atomic mass is 16.5. The van der Waals surface area contributed by atoms with Crippen LogP contribution in [0.4, 0.5) is 0 Å². The summed E-state index contributed by atoms with van der Waals surface area (Å²) < 4.78 is 6.19. The van der Waals surface area contributed by atoms with Gasteiger partial charge < -0.3 is 15.0 Å². The van der Waals surface area contributed by atoms with Crippen LogP contribution in [0.15, 0.2) is 0 Å². The molecule has 2 heterocycles. The van der Waals surface area contributed by atoms with Gasteiger partial charge in [0.25, 0.3) is 0 Å². The molecule has 4 nitrogen and oxygen atoms in total. The van der Waals surface area contributed by atoms with E-state index in [4.69, 9.17) is 4.74 Å². The summed E-state index contributed by atoms with van der Waals surface area (Å²) in [7, 11) is 0. The van der Waals surface area contributed by atoms with Gasteiger partial charge in [0.1, 0.15) is 0 Å². The predicted octanol–water partition coefficient (Wildman–Crippen LogP) is 1.56. The van der Waals surface area contributed by atoms with E-state index >= 15 is 0 Å². The third kappa shape index (κ3) is 5.20. The van der Waals surface area contributed by atoms with E-state index in [-0.39, 0.29) is 0 Å². The molecular formula is C17H33N3O. The first-order valence-corrected chi connectivity index (χ1v) is 9.14. The second-order valence-corrected chi connectivity index (χ2v) is 7.21. The van der Waals surface area contributed by atoms with Gasteiger partial charge in [0.2, 0.25) is 0 Å². The molecule has 0 spiro atoms. The maximum Gasteiger partial charge on any atom is 0.0707 e. The average Bonchev–Trinajstić information content (AvgIpc) is 3.20. The molecule has 0 aromatic carbocycles. The smallest absolute Gasteiger partial charge is 0.0707 e. The van der Waals surface area contributed by atoms with Crippen LogP contribution in [0.2, 0.25) is 0 Å². The molecule has 0 amide bonds. The minimum absolute atomic E-state index is 0.456. The molecule has 122 valence electrons. The van der Waals surface area contributed by atoms with Crippen LogP contribution in [0.5, 0.6) is 0 Å². The van der Waals surface area contributed by atoms with Crippen molar-refractivity contribution in [2.45, 2.75) is 51.2 Å². The van der Waals surface area contributed by atoms with Crippen molar-refractivity contribution in [3.8, 4) is 0 Å². The molecule has 0 radical (unpaired) electrons. The van der Waals surface area contributed by atoms with Crippen LogP contribution in [-0.2, 0) is 4.74 Å². The molecule has 21 heavy (non-hydrogen) atoms. The number of hydrogen-bond acceptors (Lipinski definition) is 4. The molecule has 4 heteroatoms. The van der Waals surface area contributed by atoms with Crippen LogP contribution in [-0.4, -0.2) is 74.4 Å². The van der Waals surface area contributed by atoms with Crippen molar-refractivity contribution >= 4 is 0 Å². The fourth-order valence-electron chi connectivity index (χ4n) is 3.61. The maximum atomic E-state index is 6.19. The van der Waals surface area contributed by atoms with E-state index < -0.39 is 0 Å². The molecule has 0 bridgehead atoms. The molecule has 2 unspecified atom stereocenters. The van der Waals surface area contributed by atoms with Gasteiger partial charge in [-0.3, -0.25) is 4.90 Å². The molecule has 3 fully saturated rings. The van der Waals surface area contributed by atoms with E-state index in [0.29, 0.717) is 12.2 Å². The number of piperazine rings is 1. The van der Waals surface area contributed by atoms with Gasteiger partial charge in [0.15, 0.2) is 0 Å². The monoisotopic (exact) mass is 295 g/mol. The van der Waals surface area contributed by atoms with Crippen LogP contribution in [0.1, 0.15) is 39.0 Å². The van der Waals surface area contributed by atoms with Crippen molar-refractivity contribution in [2.24, 2.45) is 5.92 Å². The van der Waals surface area contributed by atoms with Gasteiger partial charge in [-0.2, -0.15) is 0 Å². The van der Waals surface area contributed by atoms with Crippen LogP contribution < -0.4 is 5.32 Å². The standard InChI is InChI=1S/C17H33N3O/c1-2-7-18-12-16-5-6-17(21-16)14-20-10-8-19(9-11-20)13-15-3-4-15/h15-18H,2-14H2,1H3. The van der Waals surface area contributed by atoms with Gasteiger partial charge in [-0.1, -0.05) is 6.92 Å². The number of rotatable bonds is 8. The fraction of sp³-hybridized carbons (Fsp3) is 1.00. The molecule has 2 aliphatic heterocycles. The lowest BCUT2D eigenvalue weighted by Gasteiger charge is -2.35. The molecule has 3 rings (SSSR count). The van der Waals surface area contributed by atoms with Crippen LogP contribution in [0.3, 0.4) is 0 Å². The van der Waals surface area contributed by atoms with E-state index in [1.165, 1.54) is 64.8 Å². The highest BCUT2D eigenvalue weighted by molar-refractivity contribution is 4.83. The second kappa shape index (κ2) is 7.91. The fourth-order valence-corrected chi connectivity index (χ4v) is 3.61. The summed E-state index contributed by atoms with van der Waals surface area (Å²) in [6, 6.07) is 0. The first-order valence-electron chi connectivity index (χ1n) is 9.14. The predicted molar refractivity (Wildman–Crippen MR) is 86.7 cm³/mol. The minimum Gasteiger partial charge on any atom is -0.372 e. The van der Waals surface area contributed by atoms with Gasteiger partial charge in [-0.25, -0.2) is 0 Å². The molecule has 0 aromatic rings. The Hall–Kier alpha value is -0.160. The summed E-state index contributed by atoms with van der Waals surface area (Å²) >= 11 is 0. The Balaban J connectivity index is 1.28. The topological polar surface area (TPSA) is 27.7 Å².